The van der Waals surface area contributed by atoms with E-state index >= 15 is 0 Å². The monoisotopic (exact) mass is 603 g/mol. The number of carbonyl (C=O) groups excluding carboxylic acids is 2. The van der Waals surface area contributed by atoms with Gasteiger partial charge in [0.1, 0.15) is 6.04 Å². The quantitative estimate of drug-likeness (QED) is 0.309. The van der Waals surface area contributed by atoms with Crippen LogP contribution in [0.15, 0.2) is 41.2 Å². The zero-order valence-electron chi connectivity index (χ0n) is 26.6. The van der Waals surface area contributed by atoms with Crippen molar-refractivity contribution in [3.8, 4) is 28.4 Å². The van der Waals surface area contributed by atoms with E-state index in [0.717, 1.165) is 23.1 Å². The molecule has 0 unspecified atom stereocenters. The molecule has 3 N–H and O–H groups in total. The van der Waals surface area contributed by atoms with Gasteiger partial charge in [-0.05, 0) is 90.7 Å². The van der Waals surface area contributed by atoms with Crippen LogP contribution in [0.5, 0.6) is 17.2 Å². The number of allylic oxidation sites excluding steroid dienone is 2. The number of hydrogen-bond donors (Lipinski definition) is 3. The van der Waals surface area contributed by atoms with E-state index < -0.39 is 12.1 Å². The second kappa shape index (κ2) is 13.3. The largest absolute Gasteiger partial charge is 0.493 e. The molecule has 0 radical (unpaired) electrons. The topological polar surface area (TPSA) is 115 Å². The molecule has 0 aliphatic heterocycles. The maximum Gasteiger partial charge on any atom is 0.242 e. The summed E-state index contributed by atoms with van der Waals surface area (Å²) < 4.78 is 17.2. The molecule has 236 valence electrons. The predicted molar refractivity (Wildman–Crippen MR) is 171 cm³/mol. The van der Waals surface area contributed by atoms with Gasteiger partial charge >= 0.3 is 0 Å². The Kier molecular flexibility index (Phi) is 9.51. The summed E-state index contributed by atoms with van der Waals surface area (Å²) in [4.78, 5) is 39.6. The summed E-state index contributed by atoms with van der Waals surface area (Å²) in [6, 6.07) is 6.13. The number of carbonyl (C=O) groups is 2. The van der Waals surface area contributed by atoms with Gasteiger partial charge in [-0.25, -0.2) is 0 Å². The normalized spacial score (nSPS) is 22.0. The van der Waals surface area contributed by atoms with E-state index in [9.17, 15) is 14.4 Å². The highest BCUT2D eigenvalue weighted by Gasteiger charge is 2.36. The Morgan fingerprint density at radius 3 is 2.39 bits per heavy atom. The van der Waals surface area contributed by atoms with Crippen molar-refractivity contribution in [2.75, 3.05) is 33.2 Å². The molecule has 5 rings (SSSR count). The molecule has 1 saturated carbocycles. The second-order valence-electron chi connectivity index (χ2n) is 12.7. The van der Waals surface area contributed by atoms with Crippen LogP contribution in [-0.4, -0.2) is 45.7 Å². The molecule has 2 amide bonds. The zero-order valence-corrected chi connectivity index (χ0v) is 26.6. The molecule has 9 heteroatoms. The van der Waals surface area contributed by atoms with E-state index in [2.05, 4.69) is 41.9 Å². The van der Waals surface area contributed by atoms with Gasteiger partial charge < -0.3 is 30.2 Å². The number of amides is 2. The van der Waals surface area contributed by atoms with Gasteiger partial charge in [0.2, 0.25) is 23.0 Å². The Hall–Kier alpha value is -4.01. The SMILES string of the molecule is COc1cc2c(c(OC)c1OC)-c1ccc(N[C@H](CC(C)C)C(=O)NC[C@H]3C[C@H]4C=C[C@H]3C4)c(=O)cc1[C@H](NC(C)=O)CC2. The van der Waals surface area contributed by atoms with Crippen LogP contribution in [0.25, 0.3) is 11.1 Å². The van der Waals surface area contributed by atoms with Crippen molar-refractivity contribution in [1.82, 2.24) is 10.6 Å². The fourth-order valence-corrected chi connectivity index (χ4v) is 7.20. The average Bonchev–Trinajstić information content (AvgIpc) is 3.55. The van der Waals surface area contributed by atoms with E-state index in [1.807, 2.05) is 12.1 Å². The summed E-state index contributed by atoms with van der Waals surface area (Å²) in [6.45, 7) is 6.25. The lowest BCUT2D eigenvalue weighted by atomic mass is 9.93. The van der Waals surface area contributed by atoms with Gasteiger partial charge in [-0.3, -0.25) is 14.4 Å². The van der Waals surface area contributed by atoms with Crippen LogP contribution < -0.4 is 35.6 Å². The predicted octanol–water partition coefficient (Wildman–Crippen LogP) is 5.02. The first-order chi connectivity index (χ1) is 21.1. The summed E-state index contributed by atoms with van der Waals surface area (Å²) in [5, 5.41) is 9.51. The summed E-state index contributed by atoms with van der Waals surface area (Å²) in [5.74, 6) is 3.07. The number of rotatable bonds is 11. The Morgan fingerprint density at radius 1 is 1.00 bits per heavy atom. The van der Waals surface area contributed by atoms with Crippen LogP contribution in [0.4, 0.5) is 5.69 Å². The lowest BCUT2D eigenvalue weighted by Gasteiger charge is -2.23. The highest BCUT2D eigenvalue weighted by Crippen LogP contribution is 2.50. The highest BCUT2D eigenvalue weighted by atomic mass is 16.5. The number of hydrogen-bond acceptors (Lipinski definition) is 7. The summed E-state index contributed by atoms with van der Waals surface area (Å²) >= 11 is 0. The van der Waals surface area contributed by atoms with Crippen molar-refractivity contribution in [3.05, 3.63) is 57.8 Å². The minimum absolute atomic E-state index is 0.0992. The number of benzene rings is 1. The fraction of sp³-hybridized carbons (Fsp3) is 0.514. The zero-order chi connectivity index (χ0) is 31.5. The molecule has 9 nitrogen and oxygen atoms in total. The van der Waals surface area contributed by atoms with Crippen LogP contribution in [0.3, 0.4) is 0 Å². The molecule has 2 aromatic carbocycles. The molecule has 3 aliphatic rings. The van der Waals surface area contributed by atoms with Crippen LogP contribution in [0.1, 0.15) is 63.6 Å². The smallest absolute Gasteiger partial charge is 0.242 e. The van der Waals surface area contributed by atoms with Crippen molar-refractivity contribution in [2.24, 2.45) is 23.7 Å². The Balaban J connectivity index is 1.53. The maximum atomic E-state index is 13.8. The van der Waals surface area contributed by atoms with Crippen molar-refractivity contribution in [1.29, 1.82) is 0 Å². The lowest BCUT2D eigenvalue weighted by Crippen LogP contribution is -2.43. The van der Waals surface area contributed by atoms with Gasteiger partial charge in [-0.2, -0.15) is 0 Å². The van der Waals surface area contributed by atoms with E-state index in [0.29, 0.717) is 72.1 Å². The third-order valence-corrected chi connectivity index (χ3v) is 9.22. The number of fused-ring (bicyclic) bond motifs is 5. The molecule has 2 bridgehead atoms. The minimum atomic E-state index is -0.573. The molecule has 0 heterocycles. The molecular weight excluding hydrogens is 558 g/mol. The fourth-order valence-electron chi connectivity index (χ4n) is 7.20. The molecule has 1 fully saturated rings. The first kappa shape index (κ1) is 31.4. The third kappa shape index (κ3) is 6.42. The summed E-state index contributed by atoms with van der Waals surface area (Å²) in [7, 11) is 4.71. The Labute approximate surface area is 259 Å². The molecule has 3 aliphatic carbocycles. The van der Waals surface area contributed by atoms with E-state index in [4.69, 9.17) is 14.2 Å². The summed E-state index contributed by atoms with van der Waals surface area (Å²) in [5.41, 5.74) is 3.22. The second-order valence-corrected chi connectivity index (χ2v) is 12.7. The molecule has 0 spiro atoms. The number of nitrogens with one attached hydrogen (secondary N) is 3. The van der Waals surface area contributed by atoms with Crippen molar-refractivity contribution in [3.63, 3.8) is 0 Å². The van der Waals surface area contributed by atoms with Crippen molar-refractivity contribution in [2.45, 2.75) is 65.0 Å². The summed E-state index contributed by atoms with van der Waals surface area (Å²) in [6.07, 6.45) is 8.65. The van der Waals surface area contributed by atoms with Gasteiger partial charge in [0.05, 0.1) is 33.1 Å². The lowest BCUT2D eigenvalue weighted by molar-refractivity contribution is -0.122. The molecule has 2 aromatic rings. The molecule has 44 heavy (non-hydrogen) atoms. The number of anilines is 1. The van der Waals surface area contributed by atoms with Crippen molar-refractivity contribution >= 4 is 17.5 Å². The van der Waals surface area contributed by atoms with Crippen LogP contribution in [-0.2, 0) is 16.0 Å². The molecule has 0 saturated heterocycles. The van der Waals surface area contributed by atoms with Gasteiger partial charge in [0, 0.05) is 19.0 Å². The van der Waals surface area contributed by atoms with Crippen LogP contribution in [0, 0.1) is 23.7 Å². The minimum Gasteiger partial charge on any atom is -0.493 e. The van der Waals surface area contributed by atoms with Gasteiger partial charge in [-0.15, -0.1) is 0 Å². The third-order valence-electron chi connectivity index (χ3n) is 9.22. The molecule has 5 atom stereocenters. The molecule has 0 aromatic heterocycles. The van der Waals surface area contributed by atoms with E-state index in [1.165, 1.54) is 13.3 Å². The van der Waals surface area contributed by atoms with Gasteiger partial charge in [0.25, 0.3) is 0 Å². The van der Waals surface area contributed by atoms with Gasteiger partial charge in [-0.1, -0.05) is 32.1 Å². The average molecular weight is 604 g/mol. The highest BCUT2D eigenvalue weighted by molar-refractivity contribution is 5.86. The number of methoxy groups -OCH3 is 3. The number of ether oxygens (including phenoxy) is 3. The molecular formula is C35H45N3O6. The first-order valence-corrected chi connectivity index (χ1v) is 15.6. The maximum absolute atomic E-state index is 13.8. The van der Waals surface area contributed by atoms with Crippen LogP contribution in [0.2, 0.25) is 0 Å². The number of aryl methyl sites for hydroxylation is 1. The van der Waals surface area contributed by atoms with Crippen molar-refractivity contribution < 1.29 is 23.8 Å². The standard InChI is InChI=1S/C35H45N3O6/c1-19(2)13-29(35(41)36-18-24-15-21-7-8-22(24)14-21)38-28-12-10-25-26(17-30(28)40)27(37-20(3)39)11-9-23-16-31(42-4)33(43-5)34(44-6)32(23)25/h7-8,10,12,16-17,19,21-22,24,27,29H,9,11,13-15,18H2,1-6H3,(H,36,41)(H,37,39)(H,38,40)/t21-,22-,24+,27+,29+/m0/s1. The Morgan fingerprint density at radius 2 is 1.77 bits per heavy atom. The Bertz CT molecular complexity index is 1500. The first-order valence-electron chi connectivity index (χ1n) is 15.6. The van der Waals surface area contributed by atoms with Gasteiger partial charge in [0.15, 0.2) is 11.5 Å². The van der Waals surface area contributed by atoms with E-state index in [-0.39, 0.29) is 23.2 Å². The van der Waals surface area contributed by atoms with E-state index in [1.54, 1.807) is 33.5 Å². The van der Waals surface area contributed by atoms with Crippen LogP contribution >= 0.6 is 0 Å².